The predicted octanol–water partition coefficient (Wildman–Crippen LogP) is 2.53. The summed E-state index contributed by atoms with van der Waals surface area (Å²) in [5, 5.41) is 10.6. The number of Topliss-reactive ketones (excluding diaryl/α,β-unsaturated/α-hetero) is 1. The number of carboxylic acid groups (broad SMARTS) is 1. The van der Waals surface area contributed by atoms with Crippen LogP contribution >= 0.6 is 11.3 Å². The average Bonchev–Trinajstić information content (AvgIpc) is 2.65. The van der Waals surface area contributed by atoms with Crippen molar-refractivity contribution in [3.05, 3.63) is 22.4 Å². The molecule has 0 radical (unpaired) electrons. The summed E-state index contributed by atoms with van der Waals surface area (Å²) in [6.45, 7) is 3.59. The van der Waals surface area contributed by atoms with Crippen LogP contribution in [-0.2, 0) is 9.59 Å². The SMILES string of the molecule is CC(C)C(=O)C(CC(=O)O)c1cccs1. The number of thiophene rings is 1. The molecule has 0 bridgehead atoms. The van der Waals surface area contributed by atoms with Crippen LogP contribution in [0.25, 0.3) is 0 Å². The van der Waals surface area contributed by atoms with Gasteiger partial charge in [-0.25, -0.2) is 0 Å². The van der Waals surface area contributed by atoms with Crippen molar-refractivity contribution in [1.82, 2.24) is 0 Å². The van der Waals surface area contributed by atoms with Gasteiger partial charge in [-0.3, -0.25) is 9.59 Å². The van der Waals surface area contributed by atoms with E-state index in [9.17, 15) is 9.59 Å². The zero-order chi connectivity index (χ0) is 11.4. The largest absolute Gasteiger partial charge is 0.481 e. The summed E-state index contributed by atoms with van der Waals surface area (Å²) >= 11 is 1.43. The van der Waals surface area contributed by atoms with Gasteiger partial charge >= 0.3 is 5.97 Å². The molecule has 15 heavy (non-hydrogen) atoms. The Morgan fingerprint density at radius 3 is 2.53 bits per heavy atom. The van der Waals surface area contributed by atoms with E-state index in [1.54, 1.807) is 13.8 Å². The molecule has 1 aromatic heterocycles. The van der Waals surface area contributed by atoms with Crippen LogP contribution in [0, 0.1) is 5.92 Å². The van der Waals surface area contributed by atoms with Crippen LogP contribution in [-0.4, -0.2) is 16.9 Å². The van der Waals surface area contributed by atoms with E-state index in [-0.39, 0.29) is 18.1 Å². The van der Waals surface area contributed by atoms with Crippen LogP contribution in [0.3, 0.4) is 0 Å². The minimum absolute atomic E-state index is 0.000139. The van der Waals surface area contributed by atoms with E-state index in [2.05, 4.69) is 0 Å². The number of carboxylic acids is 1. The number of ketones is 1. The van der Waals surface area contributed by atoms with Gasteiger partial charge in [-0.2, -0.15) is 0 Å². The van der Waals surface area contributed by atoms with Crippen molar-refractivity contribution in [1.29, 1.82) is 0 Å². The molecule has 0 aromatic carbocycles. The Labute approximate surface area is 92.7 Å². The van der Waals surface area contributed by atoms with Crippen LogP contribution in [0.15, 0.2) is 17.5 Å². The Balaban J connectivity index is 2.88. The van der Waals surface area contributed by atoms with E-state index in [0.717, 1.165) is 4.88 Å². The molecule has 1 unspecified atom stereocenters. The van der Waals surface area contributed by atoms with E-state index in [4.69, 9.17) is 5.11 Å². The minimum Gasteiger partial charge on any atom is -0.481 e. The summed E-state index contributed by atoms with van der Waals surface area (Å²) in [6, 6.07) is 3.65. The second-order valence-electron chi connectivity index (χ2n) is 3.72. The number of hydrogen-bond acceptors (Lipinski definition) is 3. The first-order valence-corrected chi connectivity index (χ1v) is 5.69. The molecule has 0 amide bonds. The first kappa shape index (κ1) is 11.9. The Morgan fingerprint density at radius 2 is 2.13 bits per heavy atom. The minimum atomic E-state index is -0.928. The third kappa shape index (κ3) is 3.16. The molecule has 0 aliphatic carbocycles. The van der Waals surface area contributed by atoms with Crippen molar-refractivity contribution in [2.45, 2.75) is 26.2 Å². The molecule has 1 N–H and O–H groups in total. The fourth-order valence-electron chi connectivity index (χ4n) is 1.41. The summed E-state index contributed by atoms with van der Waals surface area (Å²) in [7, 11) is 0. The maximum absolute atomic E-state index is 11.8. The summed E-state index contributed by atoms with van der Waals surface area (Å²) in [5.74, 6) is -1.54. The van der Waals surface area contributed by atoms with Gasteiger partial charge in [-0.1, -0.05) is 19.9 Å². The lowest BCUT2D eigenvalue weighted by atomic mass is 9.91. The van der Waals surface area contributed by atoms with Crippen LogP contribution in [0.1, 0.15) is 31.1 Å². The molecular formula is C11H14O3S. The number of carbonyl (C=O) groups excluding carboxylic acids is 1. The van der Waals surface area contributed by atoms with Gasteiger partial charge in [0.15, 0.2) is 0 Å². The van der Waals surface area contributed by atoms with Gasteiger partial charge < -0.3 is 5.11 Å². The lowest BCUT2D eigenvalue weighted by Crippen LogP contribution is -2.20. The summed E-state index contributed by atoms with van der Waals surface area (Å²) in [6.07, 6.45) is -0.114. The third-order valence-corrected chi connectivity index (χ3v) is 3.16. The van der Waals surface area contributed by atoms with Crippen LogP contribution in [0.2, 0.25) is 0 Å². The van der Waals surface area contributed by atoms with Crippen molar-refractivity contribution in [2.75, 3.05) is 0 Å². The fraction of sp³-hybridized carbons (Fsp3) is 0.455. The Bertz CT molecular complexity index is 341. The molecule has 4 heteroatoms. The first-order valence-electron chi connectivity index (χ1n) is 4.81. The Morgan fingerprint density at radius 1 is 1.47 bits per heavy atom. The Hall–Kier alpha value is -1.16. The van der Waals surface area contributed by atoms with E-state index >= 15 is 0 Å². The molecule has 1 rings (SSSR count). The number of rotatable bonds is 5. The van der Waals surface area contributed by atoms with Crippen molar-refractivity contribution >= 4 is 23.1 Å². The van der Waals surface area contributed by atoms with Crippen molar-refractivity contribution in [3.8, 4) is 0 Å². The highest BCUT2D eigenvalue weighted by molar-refractivity contribution is 7.10. The van der Waals surface area contributed by atoms with Gasteiger partial charge in [0.2, 0.25) is 0 Å². The molecule has 0 saturated carbocycles. The Kier molecular flexibility index (Phi) is 4.03. The normalized spacial score (nSPS) is 12.7. The molecule has 0 aliphatic heterocycles. The zero-order valence-corrected chi connectivity index (χ0v) is 9.58. The van der Waals surface area contributed by atoms with E-state index in [1.807, 2.05) is 17.5 Å². The highest BCUT2D eigenvalue weighted by Gasteiger charge is 2.26. The smallest absolute Gasteiger partial charge is 0.304 e. The lowest BCUT2D eigenvalue weighted by molar-refractivity contribution is -0.139. The topological polar surface area (TPSA) is 54.4 Å². The van der Waals surface area contributed by atoms with Gasteiger partial charge in [-0.15, -0.1) is 11.3 Å². The van der Waals surface area contributed by atoms with Crippen LogP contribution in [0.5, 0.6) is 0 Å². The summed E-state index contributed by atoms with van der Waals surface area (Å²) in [5.41, 5.74) is 0. The number of aliphatic carboxylic acids is 1. The van der Waals surface area contributed by atoms with E-state index in [0.29, 0.717) is 0 Å². The van der Waals surface area contributed by atoms with Gasteiger partial charge in [0.25, 0.3) is 0 Å². The highest BCUT2D eigenvalue weighted by atomic mass is 32.1. The predicted molar refractivity (Wildman–Crippen MR) is 59.2 cm³/mol. The molecule has 1 heterocycles. The zero-order valence-electron chi connectivity index (χ0n) is 8.77. The standard InChI is InChI=1S/C11H14O3S/c1-7(2)11(14)8(6-10(12)13)9-4-3-5-15-9/h3-5,7-8H,6H2,1-2H3,(H,12,13). The van der Waals surface area contributed by atoms with Crippen molar-refractivity contribution < 1.29 is 14.7 Å². The summed E-state index contributed by atoms with van der Waals surface area (Å²) in [4.78, 5) is 23.3. The van der Waals surface area contributed by atoms with Crippen molar-refractivity contribution in [3.63, 3.8) is 0 Å². The molecule has 82 valence electrons. The molecule has 3 nitrogen and oxygen atoms in total. The number of hydrogen-bond donors (Lipinski definition) is 1. The summed E-state index contributed by atoms with van der Waals surface area (Å²) < 4.78 is 0. The van der Waals surface area contributed by atoms with Gasteiger partial charge in [0.05, 0.1) is 12.3 Å². The molecule has 1 aromatic rings. The molecule has 1 atom stereocenters. The molecule has 0 aliphatic rings. The monoisotopic (exact) mass is 226 g/mol. The van der Waals surface area contributed by atoms with Gasteiger partial charge in [0, 0.05) is 10.8 Å². The highest BCUT2D eigenvalue weighted by Crippen LogP contribution is 2.27. The maximum atomic E-state index is 11.8. The second-order valence-corrected chi connectivity index (χ2v) is 4.70. The van der Waals surface area contributed by atoms with Crippen molar-refractivity contribution in [2.24, 2.45) is 5.92 Å². The quantitative estimate of drug-likeness (QED) is 0.839. The third-order valence-electron chi connectivity index (χ3n) is 2.18. The molecule has 0 saturated heterocycles. The molecular weight excluding hydrogens is 212 g/mol. The lowest BCUT2D eigenvalue weighted by Gasteiger charge is -2.14. The first-order chi connectivity index (χ1) is 7.02. The van der Waals surface area contributed by atoms with E-state index in [1.165, 1.54) is 11.3 Å². The maximum Gasteiger partial charge on any atom is 0.304 e. The van der Waals surface area contributed by atoms with Gasteiger partial charge in [-0.05, 0) is 11.4 Å². The second kappa shape index (κ2) is 5.07. The number of carbonyl (C=O) groups is 2. The molecule has 0 fully saturated rings. The van der Waals surface area contributed by atoms with Gasteiger partial charge in [0.1, 0.15) is 5.78 Å². The van der Waals surface area contributed by atoms with Crippen LogP contribution in [0.4, 0.5) is 0 Å². The average molecular weight is 226 g/mol. The molecule has 0 spiro atoms. The van der Waals surface area contributed by atoms with Crippen LogP contribution < -0.4 is 0 Å². The fourth-order valence-corrected chi connectivity index (χ4v) is 2.24. The van der Waals surface area contributed by atoms with E-state index < -0.39 is 11.9 Å².